The van der Waals surface area contributed by atoms with Gasteiger partial charge in [-0.2, -0.15) is 5.10 Å². The van der Waals surface area contributed by atoms with Gasteiger partial charge in [0.15, 0.2) is 0 Å². The lowest BCUT2D eigenvalue weighted by atomic mass is 9.85. The van der Waals surface area contributed by atoms with Gasteiger partial charge < -0.3 is 14.3 Å². The molecule has 1 fully saturated rings. The Bertz CT molecular complexity index is 1270. The van der Waals surface area contributed by atoms with E-state index in [0.29, 0.717) is 18.9 Å². The number of pyridine rings is 1. The number of H-pyrrole nitrogens is 1. The summed E-state index contributed by atoms with van der Waals surface area (Å²) in [6.07, 6.45) is 8.46. The van der Waals surface area contributed by atoms with Crippen molar-refractivity contribution in [3.63, 3.8) is 0 Å². The molecule has 0 spiro atoms. The molecule has 1 aliphatic heterocycles. The molecule has 6 rings (SSSR count). The van der Waals surface area contributed by atoms with Gasteiger partial charge in [0.25, 0.3) is 0 Å². The SMILES string of the molecule is CCc1cccn2nc([C@H]3c4nc[nH]c4CCN3C(=O)c3nnc(C4CCC4)o3)cc12. The molecule has 158 valence electrons. The topological polar surface area (TPSA) is 105 Å². The molecule has 31 heavy (non-hydrogen) atoms. The zero-order valence-electron chi connectivity index (χ0n) is 17.3. The van der Waals surface area contributed by atoms with E-state index in [9.17, 15) is 4.79 Å². The van der Waals surface area contributed by atoms with Crippen molar-refractivity contribution in [2.45, 2.75) is 51.0 Å². The number of amides is 1. The number of aromatic nitrogens is 6. The van der Waals surface area contributed by atoms with Crippen molar-refractivity contribution >= 4 is 11.4 Å². The molecule has 1 saturated carbocycles. The molecule has 1 atom stereocenters. The monoisotopic (exact) mass is 417 g/mol. The van der Waals surface area contributed by atoms with Crippen LogP contribution >= 0.6 is 0 Å². The molecule has 1 amide bonds. The van der Waals surface area contributed by atoms with Crippen molar-refractivity contribution in [3.8, 4) is 0 Å². The van der Waals surface area contributed by atoms with Crippen molar-refractivity contribution < 1.29 is 9.21 Å². The molecule has 5 heterocycles. The number of rotatable bonds is 4. The maximum atomic E-state index is 13.5. The zero-order valence-corrected chi connectivity index (χ0v) is 17.3. The molecule has 1 N–H and O–H groups in total. The predicted molar refractivity (Wildman–Crippen MR) is 111 cm³/mol. The van der Waals surface area contributed by atoms with Crippen LogP contribution < -0.4 is 0 Å². The van der Waals surface area contributed by atoms with E-state index < -0.39 is 6.04 Å². The molecule has 2 aliphatic rings. The smallest absolute Gasteiger partial charge is 0.312 e. The minimum Gasteiger partial charge on any atom is -0.417 e. The molecule has 4 aromatic heterocycles. The highest BCUT2D eigenvalue weighted by atomic mass is 16.4. The van der Waals surface area contributed by atoms with Gasteiger partial charge in [-0.1, -0.05) is 19.4 Å². The van der Waals surface area contributed by atoms with Gasteiger partial charge in [0.05, 0.1) is 23.2 Å². The Labute approximate surface area is 178 Å². The number of aryl methyl sites for hydroxylation is 1. The first kappa shape index (κ1) is 18.3. The summed E-state index contributed by atoms with van der Waals surface area (Å²) in [5.41, 5.74) is 4.88. The molecule has 4 aromatic rings. The van der Waals surface area contributed by atoms with E-state index >= 15 is 0 Å². The van der Waals surface area contributed by atoms with Gasteiger partial charge >= 0.3 is 11.8 Å². The highest BCUT2D eigenvalue weighted by molar-refractivity contribution is 5.90. The summed E-state index contributed by atoms with van der Waals surface area (Å²) in [6, 6.07) is 5.74. The molecular formula is C22H23N7O2. The minimum absolute atomic E-state index is 0.0453. The van der Waals surface area contributed by atoms with Crippen LogP contribution in [0.3, 0.4) is 0 Å². The van der Waals surface area contributed by atoms with Crippen LogP contribution in [0.4, 0.5) is 0 Å². The summed E-state index contributed by atoms with van der Waals surface area (Å²) >= 11 is 0. The van der Waals surface area contributed by atoms with Crippen molar-refractivity contribution in [1.82, 2.24) is 34.7 Å². The predicted octanol–water partition coefficient (Wildman–Crippen LogP) is 3.06. The fraction of sp³-hybridized carbons (Fsp3) is 0.409. The summed E-state index contributed by atoms with van der Waals surface area (Å²) < 4.78 is 7.66. The zero-order chi connectivity index (χ0) is 20.9. The first-order valence-corrected chi connectivity index (χ1v) is 10.9. The summed E-state index contributed by atoms with van der Waals surface area (Å²) in [5, 5.41) is 13.0. The maximum Gasteiger partial charge on any atom is 0.312 e. The highest BCUT2D eigenvalue weighted by Crippen LogP contribution is 2.37. The Hall–Kier alpha value is -3.49. The van der Waals surface area contributed by atoms with E-state index in [4.69, 9.17) is 9.52 Å². The number of fused-ring (bicyclic) bond motifs is 2. The molecule has 9 nitrogen and oxygen atoms in total. The number of aromatic amines is 1. The van der Waals surface area contributed by atoms with E-state index in [1.54, 1.807) is 11.2 Å². The Balaban J connectivity index is 1.41. The van der Waals surface area contributed by atoms with Crippen LogP contribution in [0.25, 0.3) is 5.52 Å². The van der Waals surface area contributed by atoms with Gasteiger partial charge in [-0.05, 0) is 37.0 Å². The van der Waals surface area contributed by atoms with Gasteiger partial charge in [-0.25, -0.2) is 9.50 Å². The Morgan fingerprint density at radius 1 is 1.32 bits per heavy atom. The van der Waals surface area contributed by atoms with Crippen LogP contribution in [0.15, 0.2) is 35.1 Å². The van der Waals surface area contributed by atoms with E-state index in [1.807, 2.05) is 16.8 Å². The van der Waals surface area contributed by atoms with Crippen molar-refractivity contribution in [2.75, 3.05) is 6.54 Å². The van der Waals surface area contributed by atoms with Gasteiger partial charge in [-0.15, -0.1) is 10.2 Å². The first-order valence-electron chi connectivity index (χ1n) is 10.9. The Morgan fingerprint density at radius 2 is 2.23 bits per heavy atom. The third-order valence-corrected chi connectivity index (χ3v) is 6.53. The molecule has 0 aromatic carbocycles. The second kappa shape index (κ2) is 7.04. The van der Waals surface area contributed by atoms with Crippen LogP contribution in [-0.2, 0) is 12.8 Å². The number of imidazole rings is 1. The van der Waals surface area contributed by atoms with E-state index in [2.05, 4.69) is 39.2 Å². The van der Waals surface area contributed by atoms with Crippen LogP contribution in [0.1, 0.15) is 77.4 Å². The number of carbonyl (C=O) groups excluding carboxylic acids is 1. The standard InChI is InChI=1S/C22H23N7O2/c1-2-13-7-4-9-29-17(13)11-16(27-29)19-18-15(23-12-24-18)8-10-28(19)22(30)21-26-25-20(31-21)14-5-3-6-14/h4,7,9,11-12,14,19H,2-3,5-6,8,10H2,1H3,(H,23,24)/t19-/m0/s1. The molecular weight excluding hydrogens is 394 g/mol. The third-order valence-electron chi connectivity index (χ3n) is 6.53. The first-order chi connectivity index (χ1) is 15.2. The van der Waals surface area contributed by atoms with Crippen LogP contribution in [0.2, 0.25) is 0 Å². The minimum atomic E-state index is -0.411. The fourth-order valence-corrected chi connectivity index (χ4v) is 4.58. The van der Waals surface area contributed by atoms with Crippen molar-refractivity contribution in [3.05, 3.63) is 65.1 Å². The second-order valence-corrected chi connectivity index (χ2v) is 8.28. The molecule has 1 aliphatic carbocycles. The van der Waals surface area contributed by atoms with Crippen molar-refractivity contribution in [1.29, 1.82) is 0 Å². The van der Waals surface area contributed by atoms with Gasteiger partial charge in [-0.3, -0.25) is 4.79 Å². The van der Waals surface area contributed by atoms with E-state index in [0.717, 1.165) is 41.9 Å². The molecule has 0 unspecified atom stereocenters. The normalized spacial score (nSPS) is 18.9. The quantitative estimate of drug-likeness (QED) is 0.547. The molecule has 0 saturated heterocycles. The summed E-state index contributed by atoms with van der Waals surface area (Å²) in [5.74, 6) is 0.632. The fourth-order valence-electron chi connectivity index (χ4n) is 4.58. The summed E-state index contributed by atoms with van der Waals surface area (Å²) in [4.78, 5) is 23.0. The number of nitrogens with zero attached hydrogens (tertiary/aromatic N) is 6. The van der Waals surface area contributed by atoms with Crippen LogP contribution in [0, 0.1) is 0 Å². The van der Waals surface area contributed by atoms with E-state index in [-0.39, 0.29) is 17.7 Å². The average molecular weight is 417 g/mol. The highest BCUT2D eigenvalue weighted by Gasteiger charge is 2.38. The van der Waals surface area contributed by atoms with Crippen LogP contribution in [-0.4, -0.2) is 47.1 Å². The lowest BCUT2D eigenvalue weighted by molar-refractivity contribution is 0.0642. The Morgan fingerprint density at radius 3 is 3.03 bits per heavy atom. The summed E-state index contributed by atoms with van der Waals surface area (Å²) in [6.45, 7) is 2.65. The maximum absolute atomic E-state index is 13.5. The second-order valence-electron chi connectivity index (χ2n) is 8.28. The number of hydrogen-bond acceptors (Lipinski definition) is 6. The third kappa shape index (κ3) is 2.87. The van der Waals surface area contributed by atoms with Gasteiger partial charge in [0, 0.05) is 30.8 Å². The van der Waals surface area contributed by atoms with Gasteiger partial charge in [0.1, 0.15) is 6.04 Å². The Kier molecular flexibility index (Phi) is 4.15. The molecule has 0 radical (unpaired) electrons. The average Bonchev–Trinajstić information content (AvgIpc) is 3.49. The number of hydrogen-bond donors (Lipinski definition) is 1. The lowest BCUT2D eigenvalue weighted by Crippen LogP contribution is -2.41. The largest absolute Gasteiger partial charge is 0.417 e. The van der Waals surface area contributed by atoms with Crippen molar-refractivity contribution in [2.24, 2.45) is 0 Å². The van der Waals surface area contributed by atoms with E-state index in [1.165, 1.54) is 12.0 Å². The number of nitrogens with one attached hydrogen (secondary N) is 1. The molecule has 9 heteroatoms. The summed E-state index contributed by atoms with van der Waals surface area (Å²) in [7, 11) is 0. The molecule has 0 bridgehead atoms. The number of carbonyl (C=O) groups is 1. The van der Waals surface area contributed by atoms with Crippen LogP contribution in [0.5, 0.6) is 0 Å². The van der Waals surface area contributed by atoms with Gasteiger partial charge in [0.2, 0.25) is 5.89 Å². The lowest BCUT2D eigenvalue weighted by Gasteiger charge is -2.32.